The lowest BCUT2D eigenvalue weighted by atomic mass is 10.0. The molecule has 0 radical (unpaired) electrons. The van der Waals surface area contributed by atoms with Gasteiger partial charge in [-0.1, -0.05) is 17.7 Å². The first-order chi connectivity index (χ1) is 6.79. The molecule has 0 aliphatic carbocycles. The van der Waals surface area contributed by atoms with Crippen molar-refractivity contribution < 1.29 is 4.39 Å². The molecule has 1 aliphatic heterocycles. The van der Waals surface area contributed by atoms with Gasteiger partial charge in [0.25, 0.3) is 0 Å². The van der Waals surface area contributed by atoms with Crippen LogP contribution in [0.4, 0.5) is 4.39 Å². The van der Waals surface area contributed by atoms with E-state index < -0.39 is 0 Å². The molecule has 0 unspecified atom stereocenters. The molecule has 14 heavy (non-hydrogen) atoms. The second-order valence-electron chi connectivity index (χ2n) is 3.16. The molecule has 0 bridgehead atoms. The maximum atomic E-state index is 13.4. The maximum Gasteiger partial charge on any atom is 0.150 e. The van der Waals surface area contributed by atoms with Crippen molar-refractivity contribution in [3.05, 3.63) is 34.9 Å². The minimum atomic E-state index is -0.342. The Balaban J connectivity index is 2.44. The number of pyridine rings is 1. The Morgan fingerprint density at radius 3 is 2.93 bits per heavy atom. The minimum Gasteiger partial charge on any atom is -0.313 e. The van der Waals surface area contributed by atoms with Crippen LogP contribution in [-0.2, 0) is 0 Å². The Labute approximate surface area is 86.8 Å². The molecule has 2 rings (SSSR count). The molecule has 2 nitrogen and oxygen atoms in total. The molecular formula is C10H10ClFN2. The van der Waals surface area contributed by atoms with E-state index in [4.69, 9.17) is 11.6 Å². The van der Waals surface area contributed by atoms with E-state index in [1.54, 1.807) is 0 Å². The molecule has 0 saturated heterocycles. The first-order valence-corrected chi connectivity index (χ1v) is 4.86. The predicted octanol–water partition coefficient (Wildman–Crippen LogP) is 2.25. The number of nitrogens with one attached hydrogen (secondary N) is 1. The van der Waals surface area contributed by atoms with Gasteiger partial charge >= 0.3 is 0 Å². The van der Waals surface area contributed by atoms with Crippen LogP contribution in [-0.4, -0.2) is 18.1 Å². The molecule has 1 aliphatic rings. The zero-order valence-electron chi connectivity index (χ0n) is 7.56. The van der Waals surface area contributed by atoms with Crippen LogP contribution in [0.2, 0.25) is 5.02 Å². The van der Waals surface area contributed by atoms with Crippen LogP contribution in [0, 0.1) is 5.82 Å². The molecule has 2 heterocycles. The van der Waals surface area contributed by atoms with E-state index in [1.165, 1.54) is 12.4 Å². The molecule has 0 fully saturated rings. The first kappa shape index (κ1) is 9.62. The summed E-state index contributed by atoms with van der Waals surface area (Å²) in [7, 11) is 0. The summed E-state index contributed by atoms with van der Waals surface area (Å²) in [5.41, 5.74) is 1.47. The van der Waals surface area contributed by atoms with Gasteiger partial charge in [0.15, 0.2) is 0 Å². The van der Waals surface area contributed by atoms with Gasteiger partial charge in [0.2, 0.25) is 0 Å². The monoisotopic (exact) mass is 212 g/mol. The highest BCUT2D eigenvalue weighted by atomic mass is 35.5. The lowest BCUT2D eigenvalue weighted by Gasteiger charge is -2.15. The van der Waals surface area contributed by atoms with E-state index in [9.17, 15) is 4.39 Å². The zero-order chi connectivity index (χ0) is 9.97. The van der Waals surface area contributed by atoms with E-state index in [0.717, 1.165) is 25.1 Å². The van der Waals surface area contributed by atoms with Crippen molar-refractivity contribution in [3.63, 3.8) is 0 Å². The van der Waals surface area contributed by atoms with E-state index in [-0.39, 0.29) is 5.82 Å². The fraction of sp³-hybridized carbons (Fsp3) is 0.300. The quantitative estimate of drug-likeness (QED) is 0.773. The highest BCUT2D eigenvalue weighted by Crippen LogP contribution is 2.28. The first-order valence-electron chi connectivity index (χ1n) is 4.48. The van der Waals surface area contributed by atoms with Gasteiger partial charge in [-0.3, -0.25) is 4.98 Å². The van der Waals surface area contributed by atoms with E-state index in [1.807, 2.05) is 6.08 Å². The van der Waals surface area contributed by atoms with Gasteiger partial charge in [-0.05, 0) is 18.5 Å². The van der Waals surface area contributed by atoms with Crippen molar-refractivity contribution >= 4 is 17.2 Å². The number of aromatic nitrogens is 1. The summed E-state index contributed by atoms with van der Waals surface area (Å²) in [6.07, 6.45) is 5.45. The second-order valence-corrected chi connectivity index (χ2v) is 3.57. The summed E-state index contributed by atoms with van der Waals surface area (Å²) in [4.78, 5) is 3.69. The lowest BCUT2D eigenvalue weighted by Crippen LogP contribution is -2.20. The standard InChI is InChI=1S/C10H10ClFN2/c11-8-5-14-6-9(12)10(8)7-1-3-13-4-2-7/h1,5-6,13H,2-4H2. The van der Waals surface area contributed by atoms with Crippen molar-refractivity contribution in [2.75, 3.05) is 13.1 Å². The molecule has 0 amide bonds. The summed E-state index contributed by atoms with van der Waals surface area (Å²) in [5.74, 6) is -0.342. The van der Waals surface area contributed by atoms with Crippen LogP contribution >= 0.6 is 11.6 Å². The fourth-order valence-corrected chi connectivity index (χ4v) is 1.84. The molecule has 1 N–H and O–H groups in total. The third-order valence-corrected chi connectivity index (χ3v) is 2.53. The number of halogens is 2. The largest absolute Gasteiger partial charge is 0.313 e. The zero-order valence-corrected chi connectivity index (χ0v) is 8.31. The van der Waals surface area contributed by atoms with Gasteiger partial charge in [0.05, 0.1) is 11.2 Å². The highest BCUT2D eigenvalue weighted by molar-refractivity contribution is 6.32. The Hall–Kier alpha value is -0.930. The van der Waals surface area contributed by atoms with Gasteiger partial charge in [0.1, 0.15) is 5.82 Å². The molecular weight excluding hydrogens is 203 g/mol. The number of nitrogens with zero attached hydrogens (tertiary/aromatic N) is 1. The Morgan fingerprint density at radius 2 is 2.29 bits per heavy atom. The van der Waals surface area contributed by atoms with Crippen molar-refractivity contribution in [1.29, 1.82) is 0 Å². The molecule has 1 aromatic heterocycles. The maximum absolute atomic E-state index is 13.4. The van der Waals surface area contributed by atoms with Crippen molar-refractivity contribution in [1.82, 2.24) is 10.3 Å². The van der Waals surface area contributed by atoms with E-state index in [0.29, 0.717) is 10.6 Å². The summed E-state index contributed by atoms with van der Waals surface area (Å²) < 4.78 is 13.4. The van der Waals surface area contributed by atoms with Gasteiger partial charge in [0, 0.05) is 18.3 Å². The minimum absolute atomic E-state index is 0.342. The summed E-state index contributed by atoms with van der Waals surface area (Å²) in [6, 6.07) is 0. The topological polar surface area (TPSA) is 24.9 Å². The Bertz CT molecular complexity index is 356. The molecule has 0 saturated carbocycles. The second kappa shape index (κ2) is 4.07. The van der Waals surface area contributed by atoms with Crippen LogP contribution in [0.1, 0.15) is 12.0 Å². The third-order valence-electron chi connectivity index (χ3n) is 2.24. The normalized spacial score (nSPS) is 16.6. The number of hydrogen-bond acceptors (Lipinski definition) is 2. The lowest BCUT2D eigenvalue weighted by molar-refractivity contribution is 0.614. The summed E-state index contributed by atoms with van der Waals surface area (Å²) >= 11 is 5.90. The SMILES string of the molecule is Fc1cncc(Cl)c1C1=CCNCC1. The van der Waals surface area contributed by atoms with Gasteiger partial charge in [-0.2, -0.15) is 0 Å². The van der Waals surface area contributed by atoms with Crippen LogP contribution in [0.5, 0.6) is 0 Å². The van der Waals surface area contributed by atoms with Crippen LogP contribution in [0.15, 0.2) is 18.5 Å². The van der Waals surface area contributed by atoms with Crippen LogP contribution in [0.25, 0.3) is 5.57 Å². The Kier molecular flexibility index (Phi) is 2.79. The number of hydrogen-bond donors (Lipinski definition) is 1. The summed E-state index contributed by atoms with van der Waals surface area (Å²) in [5, 5.41) is 3.55. The summed E-state index contributed by atoms with van der Waals surface area (Å²) in [6.45, 7) is 1.64. The average molecular weight is 213 g/mol. The van der Waals surface area contributed by atoms with Crippen LogP contribution < -0.4 is 5.32 Å². The Morgan fingerprint density at radius 1 is 1.43 bits per heavy atom. The number of rotatable bonds is 1. The molecule has 0 aromatic carbocycles. The molecule has 1 aromatic rings. The molecule has 0 atom stereocenters. The molecule has 74 valence electrons. The highest BCUT2D eigenvalue weighted by Gasteiger charge is 2.13. The van der Waals surface area contributed by atoms with Gasteiger partial charge in [-0.15, -0.1) is 0 Å². The van der Waals surface area contributed by atoms with Gasteiger partial charge < -0.3 is 5.32 Å². The van der Waals surface area contributed by atoms with Crippen molar-refractivity contribution in [2.24, 2.45) is 0 Å². The average Bonchev–Trinajstić information content (AvgIpc) is 2.19. The van der Waals surface area contributed by atoms with Gasteiger partial charge in [-0.25, -0.2) is 4.39 Å². The predicted molar refractivity (Wildman–Crippen MR) is 54.7 cm³/mol. The van der Waals surface area contributed by atoms with Crippen LogP contribution in [0.3, 0.4) is 0 Å². The van der Waals surface area contributed by atoms with E-state index in [2.05, 4.69) is 10.3 Å². The molecule has 0 spiro atoms. The fourth-order valence-electron chi connectivity index (χ4n) is 1.57. The van der Waals surface area contributed by atoms with E-state index >= 15 is 0 Å². The smallest absolute Gasteiger partial charge is 0.150 e. The molecule has 4 heteroatoms. The van der Waals surface area contributed by atoms with Crippen molar-refractivity contribution in [3.8, 4) is 0 Å². The third kappa shape index (κ3) is 1.79. The van der Waals surface area contributed by atoms with Crippen molar-refractivity contribution in [2.45, 2.75) is 6.42 Å².